The molecule has 0 aliphatic heterocycles. The van der Waals surface area contributed by atoms with Gasteiger partial charge in [0, 0.05) is 11.8 Å². The zero-order chi connectivity index (χ0) is 11.5. The van der Waals surface area contributed by atoms with Crippen LogP contribution in [-0.4, -0.2) is 15.0 Å². The van der Waals surface area contributed by atoms with Gasteiger partial charge in [-0.1, -0.05) is 23.8 Å². The maximum Gasteiger partial charge on any atom is 0.225 e. The fraction of sp³-hybridized carbons (Fsp3) is 0.100. The standard InChI is InChI=1S/C10H6Cl2N4/c11-8-7-6(3-1-2-4-13)5-14-9(7)16-10(12)15-8/h1,3,5H,2H2,(H,14,15,16). The van der Waals surface area contributed by atoms with E-state index in [-0.39, 0.29) is 5.28 Å². The maximum atomic E-state index is 8.42. The summed E-state index contributed by atoms with van der Waals surface area (Å²) in [7, 11) is 0. The van der Waals surface area contributed by atoms with E-state index in [0.29, 0.717) is 22.6 Å². The first-order chi connectivity index (χ1) is 7.72. The molecule has 0 saturated heterocycles. The Balaban J connectivity index is 2.53. The molecule has 0 unspecified atom stereocenters. The molecule has 0 spiro atoms. The third kappa shape index (κ3) is 2.01. The van der Waals surface area contributed by atoms with Crippen molar-refractivity contribution in [3.63, 3.8) is 0 Å². The first-order valence-electron chi connectivity index (χ1n) is 4.46. The van der Waals surface area contributed by atoms with Gasteiger partial charge in [-0.15, -0.1) is 0 Å². The van der Waals surface area contributed by atoms with Gasteiger partial charge in [0.05, 0.1) is 17.9 Å². The number of fused-ring (bicyclic) bond motifs is 1. The predicted molar refractivity (Wildman–Crippen MR) is 63.2 cm³/mol. The minimum Gasteiger partial charge on any atom is -0.345 e. The van der Waals surface area contributed by atoms with Crippen molar-refractivity contribution in [2.24, 2.45) is 0 Å². The van der Waals surface area contributed by atoms with Crippen molar-refractivity contribution in [1.82, 2.24) is 15.0 Å². The average Bonchev–Trinajstić information content (AvgIpc) is 2.62. The van der Waals surface area contributed by atoms with E-state index < -0.39 is 0 Å². The van der Waals surface area contributed by atoms with Gasteiger partial charge in [-0.25, -0.2) is 4.98 Å². The van der Waals surface area contributed by atoms with Crippen LogP contribution in [-0.2, 0) is 0 Å². The number of allylic oxidation sites excluding steroid dienone is 1. The van der Waals surface area contributed by atoms with E-state index in [9.17, 15) is 0 Å². The summed E-state index contributed by atoms with van der Waals surface area (Å²) in [5.41, 5.74) is 1.42. The molecule has 16 heavy (non-hydrogen) atoms. The summed E-state index contributed by atoms with van der Waals surface area (Å²) in [4.78, 5) is 10.8. The number of aromatic amines is 1. The molecule has 80 valence electrons. The topological polar surface area (TPSA) is 65.4 Å². The number of halogens is 2. The molecule has 6 heteroatoms. The number of rotatable bonds is 2. The highest BCUT2D eigenvalue weighted by atomic mass is 35.5. The van der Waals surface area contributed by atoms with E-state index in [1.165, 1.54) is 0 Å². The van der Waals surface area contributed by atoms with Crippen LogP contribution in [0.15, 0.2) is 12.3 Å². The molecule has 1 N–H and O–H groups in total. The smallest absolute Gasteiger partial charge is 0.225 e. The first kappa shape index (κ1) is 10.9. The van der Waals surface area contributed by atoms with Gasteiger partial charge in [0.2, 0.25) is 5.28 Å². The molecule has 2 aromatic heterocycles. The van der Waals surface area contributed by atoms with Crippen molar-refractivity contribution in [2.75, 3.05) is 0 Å². The van der Waals surface area contributed by atoms with Gasteiger partial charge >= 0.3 is 0 Å². The van der Waals surface area contributed by atoms with Gasteiger partial charge in [0.1, 0.15) is 10.8 Å². The fourth-order valence-corrected chi connectivity index (χ4v) is 1.85. The second-order valence-corrected chi connectivity index (χ2v) is 3.71. The van der Waals surface area contributed by atoms with Crippen LogP contribution in [0.4, 0.5) is 0 Å². The lowest BCUT2D eigenvalue weighted by Crippen LogP contribution is -1.85. The highest BCUT2D eigenvalue weighted by molar-refractivity contribution is 6.36. The lowest BCUT2D eigenvalue weighted by molar-refractivity contribution is 1.20. The molecule has 0 aromatic carbocycles. The molecule has 0 fully saturated rings. The van der Waals surface area contributed by atoms with Gasteiger partial charge in [0.15, 0.2) is 0 Å². The van der Waals surface area contributed by atoms with Gasteiger partial charge in [0.25, 0.3) is 0 Å². The van der Waals surface area contributed by atoms with E-state index in [1.54, 1.807) is 18.3 Å². The van der Waals surface area contributed by atoms with Gasteiger partial charge in [-0.2, -0.15) is 10.2 Å². The van der Waals surface area contributed by atoms with Crippen molar-refractivity contribution in [3.8, 4) is 6.07 Å². The third-order valence-electron chi connectivity index (χ3n) is 2.00. The quantitative estimate of drug-likeness (QED) is 0.660. The molecule has 2 heterocycles. The number of nitrogens with zero attached hydrogens (tertiary/aromatic N) is 3. The fourth-order valence-electron chi connectivity index (χ4n) is 1.36. The minimum atomic E-state index is 0.104. The Kier molecular flexibility index (Phi) is 3.09. The number of H-pyrrole nitrogens is 1. The molecule has 0 bridgehead atoms. The maximum absolute atomic E-state index is 8.42. The van der Waals surface area contributed by atoms with Crippen molar-refractivity contribution in [1.29, 1.82) is 5.26 Å². The Labute approximate surface area is 102 Å². The number of aromatic nitrogens is 3. The SMILES string of the molecule is N#CCC=Cc1c[nH]c2nc(Cl)nc(Cl)c12. The highest BCUT2D eigenvalue weighted by Gasteiger charge is 2.09. The lowest BCUT2D eigenvalue weighted by atomic mass is 10.2. The number of nitrogens with one attached hydrogen (secondary N) is 1. The highest BCUT2D eigenvalue weighted by Crippen LogP contribution is 2.26. The minimum absolute atomic E-state index is 0.104. The van der Waals surface area contributed by atoms with Crippen LogP contribution in [0, 0.1) is 11.3 Å². The summed E-state index contributed by atoms with van der Waals surface area (Å²) >= 11 is 11.6. The van der Waals surface area contributed by atoms with Gasteiger partial charge in [-0.3, -0.25) is 0 Å². The summed E-state index contributed by atoms with van der Waals surface area (Å²) in [6, 6.07) is 2.02. The third-order valence-corrected chi connectivity index (χ3v) is 2.44. The van der Waals surface area contributed by atoms with Crippen LogP contribution in [0.25, 0.3) is 17.1 Å². The Morgan fingerprint density at radius 1 is 1.44 bits per heavy atom. The molecule has 0 aliphatic carbocycles. The Morgan fingerprint density at radius 2 is 2.25 bits per heavy atom. The number of hydrogen-bond donors (Lipinski definition) is 1. The van der Waals surface area contributed by atoms with Crippen molar-refractivity contribution in [3.05, 3.63) is 28.3 Å². The van der Waals surface area contributed by atoms with Gasteiger partial charge < -0.3 is 4.98 Å². The van der Waals surface area contributed by atoms with Crippen LogP contribution < -0.4 is 0 Å². The van der Waals surface area contributed by atoms with E-state index in [0.717, 1.165) is 5.56 Å². The zero-order valence-electron chi connectivity index (χ0n) is 8.04. The van der Waals surface area contributed by atoms with Crippen molar-refractivity contribution >= 4 is 40.3 Å². The van der Waals surface area contributed by atoms with Crippen molar-refractivity contribution < 1.29 is 0 Å². The second kappa shape index (κ2) is 4.52. The van der Waals surface area contributed by atoms with Crippen molar-refractivity contribution in [2.45, 2.75) is 6.42 Å². The average molecular weight is 253 g/mol. The van der Waals surface area contributed by atoms with Crippen LogP contribution >= 0.6 is 23.2 Å². The Morgan fingerprint density at radius 3 is 3.00 bits per heavy atom. The van der Waals surface area contributed by atoms with Gasteiger partial charge in [-0.05, 0) is 11.6 Å². The lowest BCUT2D eigenvalue weighted by Gasteiger charge is -1.95. The monoisotopic (exact) mass is 252 g/mol. The van der Waals surface area contributed by atoms with Crippen LogP contribution in [0.5, 0.6) is 0 Å². The molecule has 4 nitrogen and oxygen atoms in total. The molecule has 2 rings (SSSR count). The zero-order valence-corrected chi connectivity index (χ0v) is 9.55. The van der Waals surface area contributed by atoms with E-state index in [2.05, 4.69) is 15.0 Å². The molecule has 2 aromatic rings. The largest absolute Gasteiger partial charge is 0.345 e. The Bertz CT molecular complexity index is 595. The number of nitriles is 1. The van der Waals surface area contributed by atoms with Crippen LogP contribution in [0.3, 0.4) is 0 Å². The summed E-state index contributed by atoms with van der Waals surface area (Å²) in [5.74, 6) is 0. The van der Waals surface area contributed by atoms with E-state index in [1.807, 2.05) is 6.07 Å². The molecule has 0 amide bonds. The summed E-state index contributed by atoms with van der Waals surface area (Å²) in [6.07, 6.45) is 5.63. The normalized spacial score (nSPS) is 11.1. The molecule has 0 atom stereocenters. The Hall–Kier alpha value is -1.57. The summed E-state index contributed by atoms with van der Waals surface area (Å²) in [6.45, 7) is 0. The molecular formula is C10H6Cl2N4. The number of hydrogen-bond acceptors (Lipinski definition) is 3. The molecule has 0 saturated carbocycles. The van der Waals surface area contributed by atoms with E-state index in [4.69, 9.17) is 28.5 Å². The van der Waals surface area contributed by atoms with Crippen LogP contribution in [0.2, 0.25) is 10.4 Å². The molecule has 0 aliphatic rings. The molecular weight excluding hydrogens is 247 g/mol. The van der Waals surface area contributed by atoms with E-state index >= 15 is 0 Å². The summed E-state index contributed by atoms with van der Waals surface area (Å²) in [5, 5.41) is 9.53. The molecule has 0 radical (unpaired) electrons. The second-order valence-electron chi connectivity index (χ2n) is 3.02. The van der Waals surface area contributed by atoms with Crippen LogP contribution in [0.1, 0.15) is 12.0 Å². The predicted octanol–water partition coefficient (Wildman–Crippen LogP) is 3.19. The first-order valence-corrected chi connectivity index (χ1v) is 5.21. The summed E-state index contributed by atoms with van der Waals surface area (Å²) < 4.78 is 0.